The second-order valence-electron chi connectivity index (χ2n) is 7.26. The van der Waals surface area contributed by atoms with Crippen LogP contribution in [0.3, 0.4) is 0 Å². The molecule has 1 N–H and O–H groups in total. The van der Waals surface area contributed by atoms with E-state index in [-0.39, 0.29) is 12.0 Å². The minimum Gasteiger partial charge on any atom is -0.496 e. The normalized spacial score (nSPS) is 16.0. The van der Waals surface area contributed by atoms with E-state index < -0.39 is 23.6 Å². The summed E-state index contributed by atoms with van der Waals surface area (Å²) in [6.45, 7) is 3.28. The number of hydrogen-bond donors (Lipinski definition) is 1. The van der Waals surface area contributed by atoms with Crippen LogP contribution in [-0.4, -0.2) is 37.1 Å². The molecular weight excluding hydrogens is 388 g/mol. The summed E-state index contributed by atoms with van der Waals surface area (Å²) in [5.41, 5.74) is 1.31. The molecule has 1 heterocycles. The van der Waals surface area contributed by atoms with Gasteiger partial charge in [0.05, 0.1) is 25.9 Å². The summed E-state index contributed by atoms with van der Waals surface area (Å²) < 4.78 is 22.1. The average Bonchev–Trinajstić information content (AvgIpc) is 2.70. The number of rotatable bonds is 7. The van der Waals surface area contributed by atoms with Crippen molar-refractivity contribution in [3.05, 3.63) is 71.0 Å². The van der Waals surface area contributed by atoms with Crippen LogP contribution in [0, 0.1) is 0 Å². The average molecular weight is 412 g/mol. The van der Waals surface area contributed by atoms with Gasteiger partial charge in [-0.05, 0) is 18.2 Å². The van der Waals surface area contributed by atoms with E-state index >= 15 is 0 Å². The number of ether oxygens (including phenoxy) is 4. The Labute approximate surface area is 174 Å². The van der Waals surface area contributed by atoms with Crippen molar-refractivity contribution in [2.24, 2.45) is 0 Å². The van der Waals surface area contributed by atoms with Crippen molar-refractivity contribution in [2.75, 3.05) is 14.2 Å². The molecule has 158 valence electrons. The van der Waals surface area contributed by atoms with Crippen molar-refractivity contribution in [1.82, 2.24) is 0 Å². The molecule has 0 saturated heterocycles. The highest BCUT2D eigenvalue weighted by Gasteiger charge is 2.34. The molecule has 0 fully saturated rings. The van der Waals surface area contributed by atoms with Gasteiger partial charge in [-0.25, -0.2) is 9.59 Å². The van der Waals surface area contributed by atoms with Crippen LogP contribution in [0.15, 0.2) is 54.3 Å². The van der Waals surface area contributed by atoms with Gasteiger partial charge in [0.2, 0.25) is 5.79 Å². The van der Waals surface area contributed by atoms with Crippen molar-refractivity contribution < 1.29 is 33.6 Å². The molecule has 0 aliphatic carbocycles. The van der Waals surface area contributed by atoms with Gasteiger partial charge in [-0.15, -0.1) is 0 Å². The molecule has 0 amide bonds. The molecule has 0 aromatic heterocycles. The lowest BCUT2D eigenvalue weighted by Gasteiger charge is -2.32. The Morgan fingerprint density at radius 2 is 1.70 bits per heavy atom. The number of benzene rings is 2. The molecule has 2 aromatic rings. The molecule has 0 bridgehead atoms. The molecule has 30 heavy (non-hydrogen) atoms. The summed E-state index contributed by atoms with van der Waals surface area (Å²) in [6, 6.07) is 12.2. The van der Waals surface area contributed by atoms with Gasteiger partial charge in [0.15, 0.2) is 0 Å². The van der Waals surface area contributed by atoms with Crippen LogP contribution in [0.25, 0.3) is 0 Å². The van der Waals surface area contributed by atoms with Gasteiger partial charge < -0.3 is 24.1 Å². The number of carboxylic acid groups (broad SMARTS) is 1. The predicted molar refractivity (Wildman–Crippen MR) is 109 cm³/mol. The third kappa shape index (κ3) is 4.40. The topological polar surface area (TPSA) is 91.3 Å². The third-order valence-corrected chi connectivity index (χ3v) is 4.79. The summed E-state index contributed by atoms with van der Waals surface area (Å²) in [5.74, 6) is -1.85. The summed E-state index contributed by atoms with van der Waals surface area (Å²) in [5, 5.41) is 9.83. The molecule has 0 radical (unpaired) electrons. The third-order valence-electron chi connectivity index (χ3n) is 4.79. The van der Waals surface area contributed by atoms with Gasteiger partial charge >= 0.3 is 11.9 Å². The first-order chi connectivity index (χ1) is 14.3. The van der Waals surface area contributed by atoms with E-state index in [4.69, 9.17) is 18.9 Å². The fraction of sp³-hybridized carbons (Fsp3) is 0.304. The number of cyclic esters (lactones) is 1. The Kier molecular flexibility index (Phi) is 6.01. The summed E-state index contributed by atoms with van der Waals surface area (Å²) in [6.07, 6.45) is 1.49. The number of esters is 1. The molecule has 0 spiro atoms. The second kappa shape index (κ2) is 8.49. The highest BCUT2D eigenvalue weighted by atomic mass is 16.7. The monoisotopic (exact) mass is 412 g/mol. The Hall–Kier alpha value is -3.48. The van der Waals surface area contributed by atoms with Crippen LogP contribution in [0.4, 0.5) is 0 Å². The maximum atomic E-state index is 12.0. The number of para-hydroxylation sites is 1. The Bertz CT molecular complexity index is 991. The van der Waals surface area contributed by atoms with E-state index in [0.29, 0.717) is 22.8 Å². The fourth-order valence-corrected chi connectivity index (χ4v) is 3.66. The van der Waals surface area contributed by atoms with E-state index in [2.05, 4.69) is 0 Å². The van der Waals surface area contributed by atoms with E-state index in [1.54, 1.807) is 39.2 Å². The lowest BCUT2D eigenvalue weighted by atomic mass is 9.83. The van der Waals surface area contributed by atoms with E-state index in [1.807, 2.05) is 18.2 Å². The minimum absolute atomic E-state index is 0.100. The van der Waals surface area contributed by atoms with Gasteiger partial charge in [0, 0.05) is 37.3 Å². The number of carboxylic acids is 1. The molecule has 1 unspecified atom stereocenters. The standard InChI is InChI=1S/C23H24O7/c1-23(2)29-14(13-20(24)30-23)12-17(15-8-5-6-10-18(15)27-3)21-16(22(25)26)9-7-11-19(21)28-4/h5-11,13,17H,12H2,1-4H3,(H,25,26). The Balaban J connectivity index is 2.20. The van der Waals surface area contributed by atoms with Crippen LogP contribution < -0.4 is 9.47 Å². The van der Waals surface area contributed by atoms with E-state index in [9.17, 15) is 14.7 Å². The summed E-state index contributed by atoms with van der Waals surface area (Å²) >= 11 is 0. The molecular formula is C23H24O7. The quantitative estimate of drug-likeness (QED) is 0.684. The van der Waals surface area contributed by atoms with Crippen LogP contribution in [0.1, 0.15) is 47.7 Å². The molecule has 7 heteroatoms. The number of allylic oxidation sites excluding steroid dienone is 1. The van der Waals surface area contributed by atoms with Gasteiger partial charge in [0.25, 0.3) is 0 Å². The second-order valence-corrected chi connectivity index (χ2v) is 7.26. The predicted octanol–water partition coefficient (Wildman–Crippen LogP) is 4.12. The van der Waals surface area contributed by atoms with Crippen LogP contribution >= 0.6 is 0 Å². The lowest BCUT2D eigenvalue weighted by molar-refractivity contribution is -0.206. The van der Waals surface area contributed by atoms with Crippen molar-refractivity contribution in [2.45, 2.75) is 32.0 Å². The zero-order chi connectivity index (χ0) is 21.9. The van der Waals surface area contributed by atoms with Crippen molar-refractivity contribution in [1.29, 1.82) is 0 Å². The summed E-state index contributed by atoms with van der Waals surface area (Å²) in [7, 11) is 3.04. The summed E-state index contributed by atoms with van der Waals surface area (Å²) in [4.78, 5) is 24.1. The highest BCUT2D eigenvalue weighted by Crippen LogP contribution is 2.43. The molecule has 7 nitrogen and oxygen atoms in total. The largest absolute Gasteiger partial charge is 0.496 e. The minimum atomic E-state index is -1.12. The number of hydrogen-bond acceptors (Lipinski definition) is 6. The number of carbonyl (C=O) groups is 2. The molecule has 3 rings (SSSR count). The number of methoxy groups -OCH3 is 2. The fourth-order valence-electron chi connectivity index (χ4n) is 3.66. The first-order valence-electron chi connectivity index (χ1n) is 9.41. The van der Waals surface area contributed by atoms with E-state index in [0.717, 1.165) is 5.56 Å². The Morgan fingerprint density at radius 3 is 2.33 bits per heavy atom. The van der Waals surface area contributed by atoms with Gasteiger partial charge in [0.1, 0.15) is 17.3 Å². The zero-order valence-electron chi connectivity index (χ0n) is 17.3. The maximum Gasteiger partial charge on any atom is 0.337 e. The highest BCUT2D eigenvalue weighted by molar-refractivity contribution is 5.91. The zero-order valence-corrected chi connectivity index (χ0v) is 17.3. The van der Waals surface area contributed by atoms with Crippen LogP contribution in [0.2, 0.25) is 0 Å². The van der Waals surface area contributed by atoms with Crippen molar-refractivity contribution in [3.63, 3.8) is 0 Å². The van der Waals surface area contributed by atoms with Crippen molar-refractivity contribution >= 4 is 11.9 Å². The first-order valence-corrected chi connectivity index (χ1v) is 9.41. The smallest absolute Gasteiger partial charge is 0.337 e. The van der Waals surface area contributed by atoms with Crippen molar-refractivity contribution in [3.8, 4) is 11.5 Å². The molecule has 2 aromatic carbocycles. The van der Waals surface area contributed by atoms with E-state index in [1.165, 1.54) is 19.3 Å². The maximum absolute atomic E-state index is 12.0. The van der Waals surface area contributed by atoms with Gasteiger partial charge in [-0.2, -0.15) is 0 Å². The number of carbonyl (C=O) groups excluding carboxylic acids is 1. The SMILES string of the molecule is COc1ccccc1C(CC1=CC(=O)OC(C)(C)O1)c1c(OC)cccc1C(=O)O. The van der Waals surface area contributed by atoms with Crippen LogP contribution in [0.5, 0.6) is 11.5 Å². The first kappa shape index (κ1) is 21.2. The van der Waals surface area contributed by atoms with Gasteiger partial charge in [-0.3, -0.25) is 0 Å². The molecule has 0 saturated carbocycles. The Morgan fingerprint density at radius 1 is 1.03 bits per heavy atom. The number of aromatic carboxylic acids is 1. The molecule has 1 aliphatic rings. The van der Waals surface area contributed by atoms with Crippen LogP contribution in [-0.2, 0) is 14.3 Å². The lowest BCUT2D eigenvalue weighted by Crippen LogP contribution is -2.34. The van der Waals surface area contributed by atoms with Gasteiger partial charge in [-0.1, -0.05) is 24.3 Å². The molecule has 1 atom stereocenters. The molecule has 1 aliphatic heterocycles.